The zero-order chi connectivity index (χ0) is 7.28. The van der Waals surface area contributed by atoms with E-state index in [9.17, 15) is 0 Å². The SMILES string of the molecule is C=CC(N)CC(N)C=C. The molecule has 52 valence electrons. The van der Waals surface area contributed by atoms with Crippen LogP contribution >= 0.6 is 0 Å². The molecule has 0 spiro atoms. The first-order chi connectivity index (χ1) is 4.20. The maximum absolute atomic E-state index is 5.50. The van der Waals surface area contributed by atoms with Gasteiger partial charge in [0.05, 0.1) is 0 Å². The highest BCUT2D eigenvalue weighted by atomic mass is 14.7. The predicted octanol–water partition coefficient (Wildman–Crippen LogP) is 0.403. The fourth-order valence-corrected chi connectivity index (χ4v) is 0.507. The third kappa shape index (κ3) is 3.94. The molecule has 0 aliphatic rings. The average Bonchev–Trinajstić information content (AvgIpc) is 1.87. The second kappa shape index (κ2) is 4.30. The minimum Gasteiger partial charge on any atom is -0.324 e. The molecule has 0 aromatic carbocycles. The molecule has 0 aliphatic heterocycles. The molecule has 0 fully saturated rings. The number of nitrogens with two attached hydrogens (primary N) is 2. The molecule has 0 aromatic rings. The van der Waals surface area contributed by atoms with Gasteiger partial charge in [0.1, 0.15) is 0 Å². The summed E-state index contributed by atoms with van der Waals surface area (Å²) in [5, 5.41) is 0. The van der Waals surface area contributed by atoms with Crippen LogP contribution in [0, 0.1) is 0 Å². The second-order valence-electron chi connectivity index (χ2n) is 2.03. The summed E-state index contributed by atoms with van der Waals surface area (Å²) in [6.07, 6.45) is 4.10. The normalized spacial score (nSPS) is 16.2. The van der Waals surface area contributed by atoms with Gasteiger partial charge in [0.25, 0.3) is 0 Å². The van der Waals surface area contributed by atoms with Crippen LogP contribution in [0.1, 0.15) is 6.42 Å². The van der Waals surface area contributed by atoms with E-state index in [1.165, 1.54) is 0 Å². The molecule has 2 nitrogen and oxygen atoms in total. The summed E-state index contributed by atoms with van der Waals surface area (Å²) < 4.78 is 0. The van der Waals surface area contributed by atoms with Crippen LogP contribution in [0.25, 0.3) is 0 Å². The van der Waals surface area contributed by atoms with Gasteiger partial charge in [-0.05, 0) is 6.42 Å². The second-order valence-corrected chi connectivity index (χ2v) is 2.03. The summed E-state index contributed by atoms with van der Waals surface area (Å²) in [4.78, 5) is 0. The zero-order valence-corrected chi connectivity index (χ0v) is 5.59. The highest BCUT2D eigenvalue weighted by Crippen LogP contribution is 1.93. The van der Waals surface area contributed by atoms with E-state index in [0.717, 1.165) is 6.42 Å². The van der Waals surface area contributed by atoms with Crippen molar-refractivity contribution in [2.45, 2.75) is 18.5 Å². The smallest absolute Gasteiger partial charge is 0.0239 e. The van der Waals surface area contributed by atoms with Gasteiger partial charge in [0.15, 0.2) is 0 Å². The Morgan fingerprint density at radius 3 is 1.67 bits per heavy atom. The van der Waals surface area contributed by atoms with E-state index in [-0.39, 0.29) is 12.1 Å². The van der Waals surface area contributed by atoms with E-state index in [1.54, 1.807) is 12.2 Å². The van der Waals surface area contributed by atoms with Gasteiger partial charge in [-0.2, -0.15) is 0 Å². The Bertz CT molecular complexity index is 87.1. The molecular formula is C7H14N2. The Hall–Kier alpha value is -0.600. The van der Waals surface area contributed by atoms with Crippen molar-refractivity contribution in [2.75, 3.05) is 0 Å². The fourth-order valence-electron chi connectivity index (χ4n) is 0.507. The van der Waals surface area contributed by atoms with Gasteiger partial charge in [0.2, 0.25) is 0 Å². The largest absolute Gasteiger partial charge is 0.324 e. The van der Waals surface area contributed by atoms with Crippen molar-refractivity contribution in [3.05, 3.63) is 25.3 Å². The molecule has 2 unspecified atom stereocenters. The molecule has 0 aromatic heterocycles. The summed E-state index contributed by atoms with van der Waals surface area (Å²) in [6.45, 7) is 7.07. The number of hydrogen-bond donors (Lipinski definition) is 2. The van der Waals surface area contributed by atoms with Crippen LogP contribution in [-0.2, 0) is 0 Å². The van der Waals surface area contributed by atoms with E-state index in [1.807, 2.05) is 0 Å². The third-order valence-corrected chi connectivity index (χ3v) is 1.15. The van der Waals surface area contributed by atoms with Gasteiger partial charge in [-0.15, -0.1) is 13.2 Å². The van der Waals surface area contributed by atoms with Crippen LogP contribution < -0.4 is 11.5 Å². The quantitative estimate of drug-likeness (QED) is 0.536. The Morgan fingerprint density at radius 1 is 1.11 bits per heavy atom. The first-order valence-electron chi connectivity index (χ1n) is 2.97. The van der Waals surface area contributed by atoms with Crippen LogP contribution in [-0.4, -0.2) is 12.1 Å². The van der Waals surface area contributed by atoms with Crippen LogP contribution in [0.15, 0.2) is 25.3 Å². The van der Waals surface area contributed by atoms with Crippen LogP contribution in [0.2, 0.25) is 0 Å². The van der Waals surface area contributed by atoms with Crippen molar-refractivity contribution in [1.29, 1.82) is 0 Å². The van der Waals surface area contributed by atoms with Crippen molar-refractivity contribution in [1.82, 2.24) is 0 Å². The van der Waals surface area contributed by atoms with Gasteiger partial charge in [0, 0.05) is 12.1 Å². The monoisotopic (exact) mass is 126 g/mol. The molecule has 0 aliphatic carbocycles. The summed E-state index contributed by atoms with van der Waals surface area (Å²) >= 11 is 0. The summed E-state index contributed by atoms with van der Waals surface area (Å²) in [7, 11) is 0. The number of hydrogen-bond acceptors (Lipinski definition) is 2. The van der Waals surface area contributed by atoms with Crippen molar-refractivity contribution < 1.29 is 0 Å². The Morgan fingerprint density at radius 2 is 1.44 bits per heavy atom. The van der Waals surface area contributed by atoms with Gasteiger partial charge in [-0.1, -0.05) is 12.2 Å². The van der Waals surface area contributed by atoms with Crippen LogP contribution in [0.4, 0.5) is 0 Å². The molecule has 2 atom stereocenters. The molecule has 2 heteroatoms. The fraction of sp³-hybridized carbons (Fsp3) is 0.429. The first-order valence-corrected chi connectivity index (χ1v) is 2.97. The standard InChI is InChI=1S/C7H14N2/c1-3-6(8)5-7(9)4-2/h3-4,6-7H,1-2,5,8-9H2. The minimum absolute atomic E-state index is 0.00185. The van der Waals surface area contributed by atoms with Crippen molar-refractivity contribution in [2.24, 2.45) is 11.5 Å². The van der Waals surface area contributed by atoms with Gasteiger partial charge in [-0.25, -0.2) is 0 Å². The first kappa shape index (κ1) is 8.40. The van der Waals surface area contributed by atoms with Crippen LogP contribution in [0.3, 0.4) is 0 Å². The molecule has 0 heterocycles. The molecule has 9 heavy (non-hydrogen) atoms. The lowest BCUT2D eigenvalue weighted by Gasteiger charge is -2.08. The maximum atomic E-state index is 5.50. The Balaban J connectivity index is 3.45. The molecule has 0 radical (unpaired) electrons. The maximum Gasteiger partial charge on any atom is 0.0239 e. The number of rotatable bonds is 4. The van der Waals surface area contributed by atoms with Crippen LogP contribution in [0.5, 0.6) is 0 Å². The van der Waals surface area contributed by atoms with E-state index >= 15 is 0 Å². The molecular weight excluding hydrogens is 112 g/mol. The molecule has 0 saturated carbocycles. The van der Waals surface area contributed by atoms with E-state index in [4.69, 9.17) is 11.5 Å². The molecule has 0 saturated heterocycles. The highest BCUT2D eigenvalue weighted by Gasteiger charge is 2.00. The van der Waals surface area contributed by atoms with Crippen molar-refractivity contribution >= 4 is 0 Å². The Kier molecular flexibility index (Phi) is 4.01. The lowest BCUT2D eigenvalue weighted by Crippen LogP contribution is -2.27. The lowest BCUT2D eigenvalue weighted by molar-refractivity contribution is 0.656. The van der Waals surface area contributed by atoms with Gasteiger partial charge in [-0.3, -0.25) is 0 Å². The predicted molar refractivity (Wildman–Crippen MR) is 41.0 cm³/mol. The molecule has 4 N–H and O–H groups in total. The van der Waals surface area contributed by atoms with E-state index in [0.29, 0.717) is 0 Å². The van der Waals surface area contributed by atoms with Gasteiger partial charge >= 0.3 is 0 Å². The zero-order valence-electron chi connectivity index (χ0n) is 5.59. The average molecular weight is 126 g/mol. The van der Waals surface area contributed by atoms with E-state index in [2.05, 4.69) is 13.2 Å². The topological polar surface area (TPSA) is 52.0 Å². The van der Waals surface area contributed by atoms with Crippen molar-refractivity contribution in [3.63, 3.8) is 0 Å². The molecule has 0 amide bonds. The third-order valence-electron chi connectivity index (χ3n) is 1.15. The Labute approximate surface area is 56.2 Å². The molecule has 0 bridgehead atoms. The summed E-state index contributed by atoms with van der Waals surface area (Å²) in [6, 6.07) is -0.00370. The van der Waals surface area contributed by atoms with Gasteiger partial charge < -0.3 is 11.5 Å². The summed E-state index contributed by atoms with van der Waals surface area (Å²) in [5.74, 6) is 0. The minimum atomic E-state index is -0.00185. The molecule has 0 rings (SSSR count). The summed E-state index contributed by atoms with van der Waals surface area (Å²) in [5.41, 5.74) is 11.0. The van der Waals surface area contributed by atoms with Crippen molar-refractivity contribution in [3.8, 4) is 0 Å². The highest BCUT2D eigenvalue weighted by molar-refractivity contribution is 4.91. The van der Waals surface area contributed by atoms with E-state index < -0.39 is 0 Å². The lowest BCUT2D eigenvalue weighted by atomic mass is 10.1.